The Morgan fingerprint density at radius 3 is 1.45 bits per heavy atom. The molecule has 214 valence electrons. The Hall–Kier alpha value is -3.86. The van der Waals surface area contributed by atoms with Crippen LogP contribution in [0.15, 0.2) is 60.7 Å². The molecule has 4 aromatic carbocycles. The van der Waals surface area contributed by atoms with E-state index < -0.39 is 11.7 Å². The highest BCUT2D eigenvalue weighted by Crippen LogP contribution is 2.32. The van der Waals surface area contributed by atoms with Crippen molar-refractivity contribution in [1.29, 1.82) is 0 Å². The lowest BCUT2D eigenvalue weighted by molar-refractivity contribution is -0.137. The number of aryl methyl sites for hydroxylation is 9. The molecule has 0 atom stereocenters. The van der Waals surface area contributed by atoms with E-state index in [2.05, 4.69) is 91.8 Å². The third kappa shape index (κ3) is 5.26. The average molecular weight is 564 g/mol. The second-order valence-corrected chi connectivity index (χ2v) is 12.1. The zero-order valence-corrected chi connectivity index (χ0v) is 25.9. The Morgan fingerprint density at radius 1 is 0.548 bits per heavy atom. The zero-order valence-electron chi connectivity index (χ0n) is 25.9. The Balaban J connectivity index is 1.77. The van der Waals surface area contributed by atoms with Gasteiger partial charge >= 0.3 is 6.18 Å². The van der Waals surface area contributed by atoms with E-state index in [-0.39, 0.29) is 6.71 Å². The van der Waals surface area contributed by atoms with Crippen LogP contribution in [0.1, 0.15) is 55.6 Å². The summed E-state index contributed by atoms with van der Waals surface area (Å²) in [4.78, 5) is 5.02. The lowest BCUT2D eigenvalue weighted by Crippen LogP contribution is -2.57. The van der Waals surface area contributed by atoms with Gasteiger partial charge in [0.2, 0.25) is 6.71 Å². The summed E-state index contributed by atoms with van der Waals surface area (Å²) in [5.41, 5.74) is 16.4. The first-order valence-corrected chi connectivity index (χ1v) is 14.4. The lowest BCUT2D eigenvalue weighted by atomic mass is 9.33. The molecule has 0 aliphatic heterocycles. The van der Waals surface area contributed by atoms with Crippen LogP contribution < -0.4 is 16.4 Å². The Morgan fingerprint density at radius 2 is 1.00 bits per heavy atom. The Kier molecular flexibility index (Phi) is 7.59. The highest BCUT2D eigenvalue weighted by atomic mass is 19.4. The SMILES string of the molecule is Cc1cc(C)c(B(c2c(C)cc(C)cc2C)c2c(C)cc3nc(-c4ccc(C(F)(F)F)cc4)c(C)cc3c2C)c(C)c1. The van der Waals surface area contributed by atoms with E-state index in [0.29, 0.717) is 11.3 Å². The van der Waals surface area contributed by atoms with Crippen LogP contribution in [0.2, 0.25) is 0 Å². The highest BCUT2D eigenvalue weighted by molar-refractivity contribution is 6.97. The van der Waals surface area contributed by atoms with Crippen molar-refractivity contribution in [1.82, 2.24) is 4.98 Å². The molecule has 0 saturated carbocycles. The molecule has 0 saturated heterocycles. The second-order valence-electron chi connectivity index (χ2n) is 12.1. The van der Waals surface area contributed by atoms with Gasteiger partial charge in [-0.2, -0.15) is 13.2 Å². The summed E-state index contributed by atoms with van der Waals surface area (Å²) in [6, 6.07) is 18.7. The van der Waals surface area contributed by atoms with Gasteiger partial charge in [-0.15, -0.1) is 0 Å². The molecular formula is C37H37BF3N. The molecular weight excluding hydrogens is 526 g/mol. The van der Waals surface area contributed by atoms with Crippen molar-refractivity contribution in [3.8, 4) is 11.3 Å². The summed E-state index contributed by atoms with van der Waals surface area (Å²) >= 11 is 0. The van der Waals surface area contributed by atoms with Gasteiger partial charge in [0.05, 0.1) is 16.8 Å². The molecule has 42 heavy (non-hydrogen) atoms. The number of alkyl halides is 3. The van der Waals surface area contributed by atoms with Crippen molar-refractivity contribution < 1.29 is 13.2 Å². The smallest absolute Gasteiger partial charge is 0.247 e. The fourth-order valence-electron chi connectivity index (χ4n) is 7.04. The molecule has 0 fully saturated rings. The molecule has 0 bridgehead atoms. The van der Waals surface area contributed by atoms with Crippen LogP contribution in [0.25, 0.3) is 22.2 Å². The minimum atomic E-state index is -4.37. The number of fused-ring (bicyclic) bond motifs is 1. The molecule has 1 heterocycles. The van der Waals surface area contributed by atoms with Gasteiger partial charge in [0.25, 0.3) is 0 Å². The number of aromatic nitrogens is 1. The number of hydrogen-bond acceptors (Lipinski definition) is 1. The number of halogens is 3. The number of hydrogen-bond donors (Lipinski definition) is 0. The van der Waals surface area contributed by atoms with Gasteiger partial charge < -0.3 is 0 Å². The minimum absolute atomic E-state index is 0.0468. The number of pyridine rings is 1. The fraction of sp³-hybridized carbons (Fsp3) is 0.270. The van der Waals surface area contributed by atoms with Crippen molar-refractivity contribution in [3.05, 3.63) is 116 Å². The average Bonchev–Trinajstić information content (AvgIpc) is 2.87. The zero-order chi connectivity index (χ0) is 30.7. The Labute approximate surface area is 247 Å². The third-order valence-electron chi connectivity index (χ3n) is 8.66. The summed E-state index contributed by atoms with van der Waals surface area (Å²) in [6.45, 7) is 19.5. The van der Waals surface area contributed by atoms with Crippen molar-refractivity contribution in [2.75, 3.05) is 0 Å². The van der Waals surface area contributed by atoms with Gasteiger partial charge in [-0.25, -0.2) is 4.98 Å². The largest absolute Gasteiger partial charge is 0.416 e. The minimum Gasteiger partial charge on any atom is -0.247 e. The van der Waals surface area contributed by atoms with Gasteiger partial charge in [0, 0.05) is 10.9 Å². The second kappa shape index (κ2) is 10.8. The van der Waals surface area contributed by atoms with Crippen LogP contribution in [0.5, 0.6) is 0 Å². The van der Waals surface area contributed by atoms with Crippen LogP contribution in [0, 0.1) is 62.3 Å². The van der Waals surface area contributed by atoms with E-state index in [9.17, 15) is 13.2 Å². The molecule has 1 nitrogen and oxygen atoms in total. The molecule has 5 rings (SSSR count). The molecule has 0 aliphatic rings. The maximum absolute atomic E-state index is 13.2. The van der Waals surface area contributed by atoms with Crippen molar-refractivity contribution >= 4 is 34.0 Å². The van der Waals surface area contributed by atoms with Crippen molar-refractivity contribution in [2.45, 2.75) is 68.5 Å². The first kappa shape index (κ1) is 29.6. The predicted molar refractivity (Wildman–Crippen MR) is 172 cm³/mol. The molecule has 0 aliphatic carbocycles. The van der Waals surface area contributed by atoms with E-state index >= 15 is 0 Å². The molecule has 0 spiro atoms. The molecule has 5 aromatic rings. The van der Waals surface area contributed by atoms with E-state index in [4.69, 9.17) is 4.98 Å². The maximum atomic E-state index is 13.2. The topological polar surface area (TPSA) is 12.9 Å². The fourth-order valence-corrected chi connectivity index (χ4v) is 7.04. The first-order valence-electron chi connectivity index (χ1n) is 14.4. The summed E-state index contributed by atoms with van der Waals surface area (Å²) in [5.74, 6) is 0. The molecule has 5 heteroatoms. The van der Waals surface area contributed by atoms with Gasteiger partial charge in [-0.1, -0.05) is 91.7 Å². The summed E-state index contributed by atoms with van der Waals surface area (Å²) < 4.78 is 39.5. The third-order valence-corrected chi connectivity index (χ3v) is 8.66. The van der Waals surface area contributed by atoms with E-state index in [1.165, 1.54) is 67.5 Å². The van der Waals surface area contributed by atoms with E-state index in [1.54, 1.807) is 0 Å². The normalized spacial score (nSPS) is 11.8. The lowest BCUT2D eigenvalue weighted by Gasteiger charge is -2.28. The summed E-state index contributed by atoms with van der Waals surface area (Å²) in [7, 11) is 0. The predicted octanol–water partition coefficient (Wildman–Crippen LogP) is 8.21. The number of rotatable bonds is 4. The Bertz CT molecular complexity index is 1750. The maximum Gasteiger partial charge on any atom is 0.416 e. The molecule has 0 unspecified atom stereocenters. The van der Waals surface area contributed by atoms with Crippen LogP contribution in [0.3, 0.4) is 0 Å². The van der Waals surface area contributed by atoms with Crippen LogP contribution in [-0.4, -0.2) is 11.7 Å². The van der Waals surface area contributed by atoms with Crippen LogP contribution >= 0.6 is 0 Å². The van der Waals surface area contributed by atoms with E-state index in [0.717, 1.165) is 34.2 Å². The highest BCUT2D eigenvalue weighted by Gasteiger charge is 2.32. The molecule has 0 amide bonds. The van der Waals surface area contributed by atoms with E-state index in [1.807, 2.05) is 6.92 Å². The molecule has 0 radical (unpaired) electrons. The van der Waals surface area contributed by atoms with Crippen LogP contribution in [-0.2, 0) is 6.18 Å². The number of nitrogens with zero attached hydrogens (tertiary/aromatic N) is 1. The standard InChI is InChI=1S/C37H37BF3N/c1-20-14-22(3)33(23(4)15-20)38(34-24(5)16-21(2)17-25(34)6)35-26(7)19-32-31(28(35)9)18-27(8)36(42-32)29-10-12-30(13-11-29)37(39,40)41/h10-19H,1-9H3. The van der Waals surface area contributed by atoms with Gasteiger partial charge in [-0.3, -0.25) is 0 Å². The van der Waals surface area contributed by atoms with Crippen molar-refractivity contribution in [3.63, 3.8) is 0 Å². The number of benzene rings is 4. The van der Waals surface area contributed by atoms with Crippen LogP contribution in [0.4, 0.5) is 13.2 Å². The first-order chi connectivity index (χ1) is 19.7. The van der Waals surface area contributed by atoms with Gasteiger partial charge in [0.15, 0.2) is 0 Å². The quantitative estimate of drug-likeness (QED) is 0.201. The van der Waals surface area contributed by atoms with Gasteiger partial charge in [0.1, 0.15) is 0 Å². The summed E-state index contributed by atoms with van der Waals surface area (Å²) in [5, 5.41) is 1.07. The summed E-state index contributed by atoms with van der Waals surface area (Å²) in [6.07, 6.45) is -4.37. The molecule has 1 aromatic heterocycles. The van der Waals surface area contributed by atoms with Crippen molar-refractivity contribution in [2.24, 2.45) is 0 Å². The van der Waals surface area contributed by atoms with Gasteiger partial charge in [-0.05, 0) is 97.7 Å². The molecule has 0 N–H and O–H groups in total. The monoisotopic (exact) mass is 563 g/mol.